The number of alkyl halides is 6. The highest BCUT2D eigenvalue weighted by Crippen LogP contribution is 2.45. The van der Waals surface area contributed by atoms with Crippen molar-refractivity contribution >= 4 is 5.78 Å². The van der Waals surface area contributed by atoms with E-state index in [0.29, 0.717) is 11.1 Å². The summed E-state index contributed by atoms with van der Waals surface area (Å²) in [4.78, 5) is 12.9. The van der Waals surface area contributed by atoms with Crippen LogP contribution >= 0.6 is 0 Å². The van der Waals surface area contributed by atoms with Crippen molar-refractivity contribution in [2.45, 2.75) is 76.6 Å². The van der Waals surface area contributed by atoms with Gasteiger partial charge in [-0.05, 0) is 33.1 Å². The highest BCUT2D eigenvalue weighted by atomic mass is 19.4. The van der Waals surface area contributed by atoms with Gasteiger partial charge in [-0.25, -0.2) is 0 Å². The molecule has 0 N–H and O–H groups in total. The molecule has 0 radical (unpaired) electrons. The molecule has 2 aromatic rings. The molecule has 176 valence electrons. The zero-order valence-electron chi connectivity index (χ0n) is 18.9. The maximum absolute atomic E-state index is 13.9. The van der Waals surface area contributed by atoms with Crippen LogP contribution < -0.4 is 0 Å². The summed E-state index contributed by atoms with van der Waals surface area (Å²) >= 11 is 0. The zero-order valence-corrected chi connectivity index (χ0v) is 18.9. The maximum Gasteiger partial charge on any atom is 0.402 e. The van der Waals surface area contributed by atoms with Crippen LogP contribution in [0.3, 0.4) is 0 Å². The van der Waals surface area contributed by atoms with Gasteiger partial charge in [0.05, 0.1) is 0 Å². The Hall–Kier alpha value is -2.31. The van der Waals surface area contributed by atoms with Crippen LogP contribution in [0.1, 0.15) is 75.6 Å². The van der Waals surface area contributed by atoms with E-state index in [-0.39, 0.29) is 10.8 Å². The molecule has 0 bridgehead atoms. The van der Waals surface area contributed by atoms with Gasteiger partial charge in [0, 0.05) is 0 Å². The second kappa shape index (κ2) is 8.56. The third kappa shape index (κ3) is 5.93. The Balaban J connectivity index is 2.56. The SMILES string of the molecule is CC(C)(C)c1ccc(C(C(=O)C(c2ccc(C(C)(C)C)cc2)C(F)(F)F)C(F)(F)F)cc1. The van der Waals surface area contributed by atoms with E-state index in [1.54, 1.807) is 0 Å². The second-order valence-corrected chi connectivity index (χ2v) is 10.1. The second-order valence-electron chi connectivity index (χ2n) is 10.1. The first-order chi connectivity index (χ1) is 14.3. The molecule has 0 amide bonds. The van der Waals surface area contributed by atoms with Crippen molar-refractivity contribution < 1.29 is 31.1 Å². The van der Waals surface area contributed by atoms with Gasteiger partial charge in [0.25, 0.3) is 0 Å². The summed E-state index contributed by atoms with van der Waals surface area (Å²) in [7, 11) is 0. The Kier molecular flexibility index (Phi) is 6.94. The Morgan fingerprint density at radius 3 is 1.00 bits per heavy atom. The van der Waals surface area contributed by atoms with Gasteiger partial charge in [-0.3, -0.25) is 4.79 Å². The van der Waals surface area contributed by atoms with E-state index in [9.17, 15) is 31.1 Å². The minimum atomic E-state index is -5.17. The third-order valence-corrected chi connectivity index (χ3v) is 5.44. The predicted octanol–water partition coefficient (Wildman–Crippen LogP) is 7.84. The van der Waals surface area contributed by atoms with Gasteiger partial charge in [-0.15, -0.1) is 0 Å². The summed E-state index contributed by atoms with van der Waals surface area (Å²) in [6.45, 7) is 11.1. The molecule has 0 heterocycles. The third-order valence-electron chi connectivity index (χ3n) is 5.44. The van der Waals surface area contributed by atoms with Gasteiger partial charge >= 0.3 is 12.4 Å². The van der Waals surface area contributed by atoms with Crippen molar-refractivity contribution in [3.63, 3.8) is 0 Å². The number of rotatable bonds is 4. The number of Topliss-reactive ketones (excluding diaryl/α,β-unsaturated/α-hetero) is 1. The molecule has 0 aliphatic heterocycles. The molecule has 1 nitrogen and oxygen atoms in total. The molecule has 2 unspecified atom stereocenters. The minimum absolute atomic E-state index is 0.362. The van der Waals surface area contributed by atoms with Gasteiger partial charge < -0.3 is 0 Å². The van der Waals surface area contributed by atoms with Crippen molar-refractivity contribution in [3.8, 4) is 0 Å². The summed E-state index contributed by atoms with van der Waals surface area (Å²) in [5, 5.41) is 0. The minimum Gasteiger partial charge on any atom is -0.298 e. The van der Waals surface area contributed by atoms with E-state index in [2.05, 4.69) is 0 Å². The fraction of sp³-hybridized carbons (Fsp3) is 0.480. The molecule has 0 saturated heterocycles. The molecule has 0 aliphatic carbocycles. The largest absolute Gasteiger partial charge is 0.402 e. The quantitative estimate of drug-likeness (QED) is 0.427. The van der Waals surface area contributed by atoms with Gasteiger partial charge in [0.1, 0.15) is 11.8 Å². The lowest BCUT2D eigenvalue weighted by Crippen LogP contribution is -2.38. The van der Waals surface area contributed by atoms with Crippen molar-refractivity contribution in [1.29, 1.82) is 0 Å². The van der Waals surface area contributed by atoms with Crippen LogP contribution in [0, 0.1) is 0 Å². The van der Waals surface area contributed by atoms with Crippen molar-refractivity contribution in [2.75, 3.05) is 0 Å². The number of carbonyl (C=O) groups is 1. The Labute approximate surface area is 184 Å². The number of halogens is 6. The van der Waals surface area contributed by atoms with E-state index >= 15 is 0 Å². The molecule has 0 saturated carbocycles. The summed E-state index contributed by atoms with van der Waals surface area (Å²) in [5.74, 6) is -7.70. The lowest BCUT2D eigenvalue weighted by molar-refractivity contribution is -0.183. The van der Waals surface area contributed by atoms with Crippen molar-refractivity contribution in [1.82, 2.24) is 0 Å². The highest BCUT2D eigenvalue weighted by Gasteiger charge is 2.55. The average Bonchev–Trinajstić information content (AvgIpc) is 2.59. The van der Waals surface area contributed by atoms with Crippen molar-refractivity contribution in [3.05, 3.63) is 70.8 Å². The first-order valence-corrected chi connectivity index (χ1v) is 10.2. The fourth-order valence-electron chi connectivity index (χ4n) is 3.55. The molecule has 0 aliphatic rings. The molecule has 2 aromatic carbocycles. The summed E-state index contributed by atoms with van der Waals surface area (Å²) in [5.41, 5.74) is -0.314. The molecular weight excluding hydrogens is 430 g/mol. The van der Waals surface area contributed by atoms with E-state index < -0.39 is 41.1 Å². The van der Waals surface area contributed by atoms with E-state index in [1.165, 1.54) is 24.3 Å². The summed E-state index contributed by atoms with van der Waals surface area (Å²) in [6, 6.07) is 10.0. The van der Waals surface area contributed by atoms with Crippen LogP contribution in [0.5, 0.6) is 0 Å². The molecule has 2 rings (SSSR count). The fourth-order valence-corrected chi connectivity index (χ4v) is 3.55. The number of benzene rings is 2. The first-order valence-electron chi connectivity index (χ1n) is 10.2. The molecular formula is C25H28F6O. The van der Waals surface area contributed by atoms with E-state index in [1.807, 2.05) is 41.5 Å². The number of carbonyl (C=O) groups excluding carboxylic acids is 1. The van der Waals surface area contributed by atoms with Crippen LogP contribution in [-0.4, -0.2) is 18.1 Å². The lowest BCUT2D eigenvalue weighted by atomic mass is 9.80. The van der Waals surface area contributed by atoms with E-state index in [4.69, 9.17) is 0 Å². The molecule has 2 atom stereocenters. The summed E-state index contributed by atoms with van der Waals surface area (Å²) < 4.78 is 83.3. The van der Waals surface area contributed by atoms with Gasteiger partial charge in [-0.1, -0.05) is 90.1 Å². The molecule has 0 aromatic heterocycles. The van der Waals surface area contributed by atoms with Crippen LogP contribution in [0.2, 0.25) is 0 Å². The van der Waals surface area contributed by atoms with Gasteiger partial charge in [0.15, 0.2) is 5.78 Å². The Bertz CT molecular complexity index is 846. The number of ketones is 1. The van der Waals surface area contributed by atoms with Gasteiger partial charge in [0.2, 0.25) is 0 Å². The first kappa shape index (κ1) is 25.9. The standard InChI is InChI=1S/C25H28F6O/c1-22(2,3)17-11-7-15(8-12-17)19(24(26,27)28)21(32)20(25(29,30)31)16-9-13-18(14-10-16)23(4,5)6/h7-14,19-20H,1-6H3. The number of hydrogen-bond donors (Lipinski definition) is 0. The maximum atomic E-state index is 13.9. The zero-order chi connectivity index (χ0) is 24.7. The van der Waals surface area contributed by atoms with Crippen LogP contribution in [0.4, 0.5) is 26.3 Å². The van der Waals surface area contributed by atoms with Crippen LogP contribution in [-0.2, 0) is 15.6 Å². The monoisotopic (exact) mass is 458 g/mol. The topological polar surface area (TPSA) is 17.1 Å². The Morgan fingerprint density at radius 1 is 0.562 bits per heavy atom. The van der Waals surface area contributed by atoms with E-state index in [0.717, 1.165) is 24.3 Å². The van der Waals surface area contributed by atoms with Crippen LogP contribution in [0.15, 0.2) is 48.5 Å². The highest BCUT2D eigenvalue weighted by molar-refractivity contribution is 5.93. The van der Waals surface area contributed by atoms with Gasteiger partial charge in [-0.2, -0.15) is 26.3 Å². The summed E-state index contributed by atoms with van der Waals surface area (Å²) in [6.07, 6.45) is -10.3. The molecule has 7 heteroatoms. The normalized spacial score (nSPS) is 15.4. The molecule has 0 fully saturated rings. The molecule has 32 heavy (non-hydrogen) atoms. The van der Waals surface area contributed by atoms with Crippen LogP contribution in [0.25, 0.3) is 0 Å². The Morgan fingerprint density at radius 2 is 0.812 bits per heavy atom. The van der Waals surface area contributed by atoms with Crippen molar-refractivity contribution in [2.24, 2.45) is 0 Å². The lowest BCUT2D eigenvalue weighted by Gasteiger charge is -2.28. The number of hydrogen-bond acceptors (Lipinski definition) is 1. The average molecular weight is 458 g/mol. The predicted molar refractivity (Wildman–Crippen MR) is 113 cm³/mol. The smallest absolute Gasteiger partial charge is 0.298 e. The molecule has 0 spiro atoms.